The first kappa shape index (κ1) is 18.8. The Bertz CT molecular complexity index is 1000. The molecular weight excluding hydrogens is 366 g/mol. The van der Waals surface area contributed by atoms with Gasteiger partial charge in [0.05, 0.1) is 37.1 Å². The molecule has 0 spiro atoms. The zero-order valence-corrected chi connectivity index (χ0v) is 15.8. The van der Waals surface area contributed by atoms with Crippen molar-refractivity contribution in [1.82, 2.24) is 15.0 Å². The van der Waals surface area contributed by atoms with Crippen LogP contribution in [0.3, 0.4) is 0 Å². The van der Waals surface area contributed by atoms with Crippen LogP contribution in [0.4, 0.5) is 11.6 Å². The van der Waals surface area contributed by atoms with Crippen molar-refractivity contribution in [3.05, 3.63) is 54.6 Å². The second-order valence-electron chi connectivity index (χ2n) is 6.68. The predicted molar refractivity (Wildman–Crippen MR) is 112 cm³/mol. The van der Waals surface area contributed by atoms with Gasteiger partial charge in [-0.25, -0.2) is 15.0 Å². The van der Waals surface area contributed by atoms with Crippen LogP contribution in [-0.4, -0.2) is 46.4 Å². The number of guanidine groups is 1. The Morgan fingerprint density at radius 2 is 2.10 bits per heavy atom. The lowest BCUT2D eigenvalue weighted by Gasteiger charge is -2.22. The molecule has 3 N–H and O–H groups in total. The summed E-state index contributed by atoms with van der Waals surface area (Å²) in [5, 5.41) is 3.18. The second-order valence-corrected chi connectivity index (χ2v) is 6.68. The van der Waals surface area contributed by atoms with E-state index in [9.17, 15) is 0 Å². The largest absolute Gasteiger partial charge is 0.375 e. The number of aromatic nitrogens is 3. The van der Waals surface area contributed by atoms with Crippen LogP contribution in [-0.2, 0) is 4.74 Å². The Morgan fingerprint density at radius 1 is 1.21 bits per heavy atom. The minimum Gasteiger partial charge on any atom is -0.375 e. The number of hydrogen-bond donors (Lipinski definition) is 2. The molecule has 2 aromatic rings. The highest BCUT2D eigenvalue weighted by Crippen LogP contribution is 2.22. The number of allylic oxidation sites excluding steroid dienone is 1. The van der Waals surface area contributed by atoms with Gasteiger partial charge in [-0.3, -0.25) is 9.98 Å². The van der Waals surface area contributed by atoms with E-state index in [2.05, 4.69) is 48.2 Å². The molecule has 2 atom stereocenters. The maximum absolute atomic E-state index is 5.91. The monoisotopic (exact) mass is 387 g/mol. The molecule has 1 aliphatic carbocycles. The number of ether oxygens (including phenoxy) is 1. The standard InChI is InChI=1S/C21H21N7O/c22-20-25-12-17(19(27-20)14-29-13-15-4-2-1-3-5-15)18-8-11-24-21(28-18)26-16-6-9-23-10-7-16/h2,4,6-11,15,17H,5,12-14H2,(H2,22,25)(H,23,24,26,28). The average molecular weight is 387 g/mol. The molecule has 0 aromatic carbocycles. The Labute approximate surface area is 169 Å². The Balaban J connectivity index is 1.44. The number of anilines is 2. The van der Waals surface area contributed by atoms with E-state index in [0.29, 0.717) is 31.6 Å². The molecule has 0 saturated heterocycles. The van der Waals surface area contributed by atoms with Gasteiger partial charge in [0.25, 0.3) is 0 Å². The first-order chi connectivity index (χ1) is 14.3. The summed E-state index contributed by atoms with van der Waals surface area (Å²) in [6.45, 7) is 1.44. The highest BCUT2D eigenvalue weighted by atomic mass is 16.5. The fourth-order valence-corrected chi connectivity index (χ4v) is 3.07. The van der Waals surface area contributed by atoms with Crippen molar-refractivity contribution in [1.29, 1.82) is 0 Å². The van der Waals surface area contributed by atoms with Gasteiger partial charge >= 0.3 is 0 Å². The number of aliphatic imine (C=N–C) groups is 2. The molecule has 8 heteroatoms. The van der Waals surface area contributed by atoms with Crippen molar-refractivity contribution in [2.24, 2.45) is 21.6 Å². The summed E-state index contributed by atoms with van der Waals surface area (Å²) in [5.41, 5.74) is 8.34. The number of hydrogen-bond acceptors (Lipinski definition) is 8. The maximum atomic E-state index is 5.91. The summed E-state index contributed by atoms with van der Waals surface area (Å²) in [6.07, 6.45) is 9.90. The normalized spacial score (nSPS) is 20.3. The SMILES string of the molecule is NC1=NCC(c2ccnc(Nc3ccncc3)n2)C(COCC2C=CC#CC2)=N1. The Kier molecular flexibility index (Phi) is 5.88. The van der Waals surface area contributed by atoms with Gasteiger partial charge < -0.3 is 15.8 Å². The number of pyridine rings is 1. The lowest BCUT2D eigenvalue weighted by atomic mass is 9.98. The molecule has 0 saturated carbocycles. The quantitative estimate of drug-likeness (QED) is 0.704. The summed E-state index contributed by atoms with van der Waals surface area (Å²) in [6, 6.07) is 5.58. The molecule has 2 unspecified atom stereocenters. The molecule has 2 aromatic heterocycles. The van der Waals surface area contributed by atoms with E-state index < -0.39 is 0 Å². The smallest absolute Gasteiger partial charge is 0.227 e. The lowest BCUT2D eigenvalue weighted by molar-refractivity contribution is 0.145. The molecule has 0 amide bonds. The second kappa shape index (κ2) is 9.08. The molecule has 0 fully saturated rings. The number of nitrogens with zero attached hydrogens (tertiary/aromatic N) is 5. The highest BCUT2D eigenvalue weighted by molar-refractivity contribution is 6.02. The van der Waals surface area contributed by atoms with Crippen molar-refractivity contribution in [2.75, 3.05) is 25.1 Å². The first-order valence-electron chi connectivity index (χ1n) is 9.38. The number of nitrogens with two attached hydrogens (primary N) is 1. The summed E-state index contributed by atoms with van der Waals surface area (Å²) in [4.78, 5) is 21.7. The summed E-state index contributed by atoms with van der Waals surface area (Å²) < 4.78 is 5.91. The van der Waals surface area contributed by atoms with E-state index in [1.54, 1.807) is 18.6 Å². The van der Waals surface area contributed by atoms with Gasteiger partial charge in [0, 0.05) is 36.6 Å². The Hall–Kier alpha value is -3.57. The molecule has 3 heterocycles. The predicted octanol–water partition coefficient (Wildman–Crippen LogP) is 2.06. The van der Waals surface area contributed by atoms with E-state index in [1.807, 2.05) is 24.3 Å². The van der Waals surface area contributed by atoms with E-state index in [-0.39, 0.29) is 11.9 Å². The zero-order valence-electron chi connectivity index (χ0n) is 15.8. The molecule has 2 aliphatic rings. The molecule has 0 bridgehead atoms. The van der Waals surface area contributed by atoms with Crippen molar-refractivity contribution < 1.29 is 4.74 Å². The van der Waals surface area contributed by atoms with Gasteiger partial charge in [-0.1, -0.05) is 17.9 Å². The topological polar surface area (TPSA) is 111 Å². The number of rotatable bonds is 7. The highest BCUT2D eigenvalue weighted by Gasteiger charge is 2.24. The summed E-state index contributed by atoms with van der Waals surface area (Å²) in [5.74, 6) is 7.00. The van der Waals surface area contributed by atoms with Crippen LogP contribution >= 0.6 is 0 Å². The number of nitrogens with one attached hydrogen (secondary N) is 1. The third-order valence-electron chi connectivity index (χ3n) is 4.57. The van der Waals surface area contributed by atoms with Crippen LogP contribution in [0.2, 0.25) is 0 Å². The van der Waals surface area contributed by atoms with Gasteiger partial charge in [0.15, 0.2) is 0 Å². The fraction of sp³-hybridized carbons (Fsp3) is 0.286. The summed E-state index contributed by atoms with van der Waals surface area (Å²) >= 11 is 0. The van der Waals surface area contributed by atoms with Crippen LogP contribution in [0.15, 0.2) is 58.9 Å². The van der Waals surface area contributed by atoms with Crippen LogP contribution < -0.4 is 11.1 Å². The Morgan fingerprint density at radius 3 is 2.93 bits per heavy atom. The molecule has 29 heavy (non-hydrogen) atoms. The van der Waals surface area contributed by atoms with E-state index in [1.165, 1.54) is 0 Å². The fourth-order valence-electron chi connectivity index (χ4n) is 3.07. The molecule has 146 valence electrons. The average Bonchev–Trinajstić information content (AvgIpc) is 2.76. The minimum atomic E-state index is -0.107. The van der Waals surface area contributed by atoms with Crippen molar-refractivity contribution >= 4 is 23.3 Å². The van der Waals surface area contributed by atoms with Crippen LogP contribution in [0.25, 0.3) is 0 Å². The molecule has 1 aliphatic heterocycles. The van der Waals surface area contributed by atoms with Crippen molar-refractivity contribution in [3.8, 4) is 11.8 Å². The minimum absolute atomic E-state index is 0.107. The maximum Gasteiger partial charge on any atom is 0.227 e. The molecule has 4 rings (SSSR count). The van der Waals surface area contributed by atoms with Gasteiger partial charge in [0.1, 0.15) is 0 Å². The van der Waals surface area contributed by atoms with Crippen LogP contribution in [0, 0.1) is 17.8 Å². The summed E-state index contributed by atoms with van der Waals surface area (Å²) in [7, 11) is 0. The van der Waals surface area contributed by atoms with Gasteiger partial charge in [-0.15, -0.1) is 0 Å². The van der Waals surface area contributed by atoms with E-state index in [0.717, 1.165) is 23.5 Å². The molecular formula is C21H21N7O. The lowest BCUT2D eigenvalue weighted by Crippen LogP contribution is -2.30. The van der Waals surface area contributed by atoms with E-state index in [4.69, 9.17) is 10.5 Å². The van der Waals surface area contributed by atoms with Gasteiger partial charge in [-0.05, 0) is 24.3 Å². The third kappa shape index (κ3) is 5.03. The molecule has 8 nitrogen and oxygen atoms in total. The molecule has 0 radical (unpaired) electrons. The van der Waals surface area contributed by atoms with Crippen molar-refractivity contribution in [3.63, 3.8) is 0 Å². The third-order valence-corrected chi connectivity index (χ3v) is 4.57. The zero-order chi connectivity index (χ0) is 19.9. The van der Waals surface area contributed by atoms with Crippen LogP contribution in [0.1, 0.15) is 18.0 Å². The van der Waals surface area contributed by atoms with Crippen LogP contribution in [0.5, 0.6) is 0 Å². The first-order valence-corrected chi connectivity index (χ1v) is 9.38. The van der Waals surface area contributed by atoms with E-state index >= 15 is 0 Å². The van der Waals surface area contributed by atoms with Crippen molar-refractivity contribution in [2.45, 2.75) is 12.3 Å². The van der Waals surface area contributed by atoms with Gasteiger partial charge in [-0.2, -0.15) is 0 Å². The van der Waals surface area contributed by atoms with Gasteiger partial charge in [0.2, 0.25) is 11.9 Å².